The van der Waals surface area contributed by atoms with Gasteiger partial charge in [0, 0.05) is 30.2 Å². The Morgan fingerprint density at radius 3 is 2.54 bits per heavy atom. The Morgan fingerprint density at radius 1 is 1.14 bits per heavy atom. The highest BCUT2D eigenvalue weighted by Gasteiger charge is 2.59. The van der Waals surface area contributed by atoms with Crippen LogP contribution in [0.4, 0.5) is 4.39 Å². The summed E-state index contributed by atoms with van der Waals surface area (Å²) < 4.78 is 26.4. The highest BCUT2D eigenvalue weighted by atomic mass is 19.1. The van der Waals surface area contributed by atoms with Crippen molar-refractivity contribution in [1.29, 1.82) is 0 Å². The van der Waals surface area contributed by atoms with Crippen LogP contribution in [0.2, 0.25) is 0 Å². The Bertz CT molecular complexity index is 1340. The van der Waals surface area contributed by atoms with E-state index in [-0.39, 0.29) is 30.2 Å². The van der Waals surface area contributed by atoms with Gasteiger partial charge in [-0.25, -0.2) is 9.37 Å². The lowest BCUT2D eigenvalue weighted by Gasteiger charge is -2.18. The third-order valence-electron chi connectivity index (χ3n) is 7.47. The molecule has 1 heterocycles. The minimum Gasteiger partial charge on any atom is -0.493 e. The molecular weight excluding hydrogens is 473 g/mol. The summed E-state index contributed by atoms with van der Waals surface area (Å²) in [5, 5.41) is 19.2. The van der Waals surface area contributed by atoms with Crippen molar-refractivity contribution in [3.63, 3.8) is 0 Å². The molecular formula is C30H32FNO5. The number of aliphatic hydroxyl groups is 1. The number of aryl methyl sites for hydroxylation is 2. The molecule has 1 aromatic heterocycles. The summed E-state index contributed by atoms with van der Waals surface area (Å²) in [7, 11) is 0. The zero-order valence-corrected chi connectivity index (χ0v) is 21.5. The standard InChI is InChI=1S/C30H32FNO5/c1-16-9-21(36-8-7-30(3,4)35)10-17(2)26(16)18-5-6-24(31)20(11-18)15-37-25-13-19-12-22-27(23(19)14-32-25)28(22)29(33)34/h5-6,9-11,13-14,22,27-28,35H,7-8,12,15H2,1-4H3,(H,33,34)/t22?,27?,28-/m0/s1. The number of benzene rings is 2. The van der Waals surface area contributed by atoms with Gasteiger partial charge in [0.2, 0.25) is 5.88 Å². The summed E-state index contributed by atoms with van der Waals surface area (Å²) in [6, 6.07) is 10.8. The maximum absolute atomic E-state index is 14.7. The van der Waals surface area contributed by atoms with Gasteiger partial charge in [-0.3, -0.25) is 4.79 Å². The average Bonchev–Trinajstić information content (AvgIpc) is 3.40. The molecule has 2 N–H and O–H groups in total. The molecule has 0 spiro atoms. The number of hydrogen-bond acceptors (Lipinski definition) is 5. The number of carbonyl (C=O) groups is 1. The van der Waals surface area contributed by atoms with E-state index in [1.165, 1.54) is 6.07 Å². The quantitative estimate of drug-likeness (QED) is 0.394. The van der Waals surface area contributed by atoms with E-state index in [2.05, 4.69) is 4.98 Å². The molecule has 3 aromatic rings. The van der Waals surface area contributed by atoms with Crippen LogP contribution in [0.15, 0.2) is 42.6 Å². The number of pyridine rings is 1. The van der Waals surface area contributed by atoms with Gasteiger partial charge in [-0.05, 0) is 97.7 Å². The molecule has 7 heteroatoms. The first-order valence-electron chi connectivity index (χ1n) is 12.6. The van der Waals surface area contributed by atoms with E-state index in [4.69, 9.17) is 9.47 Å². The Morgan fingerprint density at radius 2 is 1.86 bits per heavy atom. The molecule has 2 aromatic carbocycles. The van der Waals surface area contributed by atoms with Gasteiger partial charge in [0.15, 0.2) is 0 Å². The minimum atomic E-state index is -0.782. The van der Waals surface area contributed by atoms with Crippen molar-refractivity contribution in [2.45, 2.75) is 58.7 Å². The number of rotatable bonds is 9. The van der Waals surface area contributed by atoms with E-state index >= 15 is 0 Å². The second kappa shape index (κ2) is 9.45. The fraction of sp³-hybridized carbons (Fsp3) is 0.400. The number of hydrogen-bond donors (Lipinski definition) is 2. The van der Waals surface area contributed by atoms with Crippen molar-refractivity contribution in [2.24, 2.45) is 11.8 Å². The summed E-state index contributed by atoms with van der Waals surface area (Å²) >= 11 is 0. The van der Waals surface area contributed by atoms with E-state index in [0.717, 1.165) is 45.6 Å². The van der Waals surface area contributed by atoms with E-state index in [9.17, 15) is 19.4 Å². The Kier molecular flexibility index (Phi) is 6.44. The van der Waals surface area contributed by atoms with Crippen LogP contribution in [0.1, 0.15) is 54.0 Å². The molecule has 5 rings (SSSR count). The molecule has 0 saturated heterocycles. The Hall–Kier alpha value is -3.45. The fourth-order valence-electron chi connectivity index (χ4n) is 5.56. The lowest BCUT2D eigenvalue weighted by atomic mass is 9.94. The second-order valence-electron chi connectivity index (χ2n) is 10.9. The van der Waals surface area contributed by atoms with Gasteiger partial charge < -0.3 is 19.7 Å². The van der Waals surface area contributed by atoms with Crippen LogP contribution in [-0.2, 0) is 17.8 Å². The zero-order chi connectivity index (χ0) is 26.5. The van der Waals surface area contributed by atoms with Crippen LogP contribution in [0.3, 0.4) is 0 Å². The fourth-order valence-corrected chi connectivity index (χ4v) is 5.56. The highest BCUT2D eigenvalue weighted by Crippen LogP contribution is 2.61. The molecule has 37 heavy (non-hydrogen) atoms. The first-order valence-corrected chi connectivity index (χ1v) is 12.6. The monoisotopic (exact) mass is 505 g/mol. The summed E-state index contributed by atoms with van der Waals surface area (Å²) in [6.45, 7) is 7.96. The van der Waals surface area contributed by atoms with E-state index in [1.54, 1.807) is 32.2 Å². The van der Waals surface area contributed by atoms with Crippen LogP contribution < -0.4 is 9.47 Å². The number of nitrogens with zero attached hydrogens (tertiary/aromatic N) is 1. The lowest BCUT2D eigenvalue weighted by Crippen LogP contribution is -2.21. The third kappa shape index (κ3) is 5.18. The van der Waals surface area contributed by atoms with Crippen molar-refractivity contribution in [1.82, 2.24) is 4.98 Å². The molecule has 2 aliphatic carbocycles. The van der Waals surface area contributed by atoms with Gasteiger partial charge in [0.25, 0.3) is 0 Å². The van der Waals surface area contributed by atoms with Crippen LogP contribution >= 0.6 is 0 Å². The van der Waals surface area contributed by atoms with Crippen LogP contribution in [0.25, 0.3) is 11.1 Å². The second-order valence-corrected chi connectivity index (χ2v) is 10.9. The summed E-state index contributed by atoms with van der Waals surface area (Å²) in [4.78, 5) is 15.7. The van der Waals surface area contributed by atoms with Crippen molar-refractivity contribution in [3.8, 4) is 22.8 Å². The molecule has 3 atom stereocenters. The summed E-state index contributed by atoms with van der Waals surface area (Å²) in [5.41, 5.74) is 5.64. The molecule has 0 amide bonds. The van der Waals surface area contributed by atoms with E-state index in [0.29, 0.717) is 24.5 Å². The maximum Gasteiger partial charge on any atom is 0.307 e. The number of aromatic nitrogens is 1. The number of ether oxygens (including phenoxy) is 2. The van der Waals surface area contributed by atoms with Crippen LogP contribution in [0.5, 0.6) is 11.6 Å². The van der Waals surface area contributed by atoms with Crippen LogP contribution in [-0.4, -0.2) is 33.4 Å². The maximum atomic E-state index is 14.7. The Balaban J connectivity index is 1.29. The molecule has 0 bridgehead atoms. The normalized spacial score (nSPS) is 19.8. The molecule has 2 aliphatic rings. The predicted octanol–water partition coefficient (Wildman–Crippen LogP) is 5.59. The van der Waals surface area contributed by atoms with Gasteiger partial charge in [0.1, 0.15) is 18.2 Å². The van der Waals surface area contributed by atoms with Crippen molar-refractivity contribution in [2.75, 3.05) is 6.61 Å². The molecule has 2 unspecified atom stereocenters. The summed E-state index contributed by atoms with van der Waals surface area (Å²) in [5.74, 6) is -0.0121. The zero-order valence-electron chi connectivity index (χ0n) is 21.5. The Labute approximate surface area is 216 Å². The molecule has 0 aliphatic heterocycles. The topological polar surface area (TPSA) is 88.9 Å². The average molecular weight is 506 g/mol. The van der Waals surface area contributed by atoms with E-state index < -0.39 is 11.6 Å². The molecule has 194 valence electrons. The first-order chi connectivity index (χ1) is 17.5. The summed E-state index contributed by atoms with van der Waals surface area (Å²) in [6.07, 6.45) is 2.95. The molecule has 6 nitrogen and oxygen atoms in total. The smallest absolute Gasteiger partial charge is 0.307 e. The van der Waals surface area contributed by atoms with Gasteiger partial charge >= 0.3 is 5.97 Å². The van der Waals surface area contributed by atoms with Crippen molar-refractivity contribution < 1.29 is 28.9 Å². The molecule has 1 saturated carbocycles. The van der Waals surface area contributed by atoms with Gasteiger partial charge in [-0.1, -0.05) is 6.07 Å². The van der Waals surface area contributed by atoms with Crippen molar-refractivity contribution in [3.05, 3.63) is 76.2 Å². The molecule has 1 fully saturated rings. The number of carboxylic acid groups (broad SMARTS) is 1. The van der Waals surface area contributed by atoms with Gasteiger partial charge in [-0.15, -0.1) is 0 Å². The third-order valence-corrected chi connectivity index (χ3v) is 7.47. The van der Waals surface area contributed by atoms with Crippen LogP contribution in [0, 0.1) is 31.5 Å². The number of aliphatic carboxylic acids is 1. The first kappa shape index (κ1) is 25.2. The van der Waals surface area contributed by atoms with E-state index in [1.807, 2.05) is 32.0 Å². The lowest BCUT2D eigenvalue weighted by molar-refractivity contribution is -0.139. The van der Waals surface area contributed by atoms with Gasteiger partial charge in [-0.2, -0.15) is 0 Å². The largest absolute Gasteiger partial charge is 0.493 e. The van der Waals surface area contributed by atoms with Gasteiger partial charge in [0.05, 0.1) is 18.1 Å². The number of halogens is 1. The molecule has 0 radical (unpaired) electrons. The predicted molar refractivity (Wildman–Crippen MR) is 137 cm³/mol. The number of fused-ring (bicyclic) bond motifs is 3. The highest BCUT2D eigenvalue weighted by molar-refractivity contribution is 5.77. The minimum absolute atomic E-state index is 0.0340. The number of carboxylic acids is 1. The van der Waals surface area contributed by atoms with Crippen molar-refractivity contribution >= 4 is 5.97 Å². The SMILES string of the molecule is Cc1cc(OCCC(C)(C)O)cc(C)c1-c1ccc(F)c(COc2cc3c(cn2)C2C(C3)[C@@H]2C(=O)O)c1.